The van der Waals surface area contributed by atoms with Gasteiger partial charge >= 0.3 is 0 Å². The van der Waals surface area contributed by atoms with Crippen LogP contribution in [0.3, 0.4) is 0 Å². The summed E-state index contributed by atoms with van der Waals surface area (Å²) in [4.78, 5) is 0.660. The molecule has 21 heavy (non-hydrogen) atoms. The van der Waals surface area contributed by atoms with E-state index in [1.807, 2.05) is 33.8 Å². The summed E-state index contributed by atoms with van der Waals surface area (Å²) in [5, 5.41) is 0. The zero-order chi connectivity index (χ0) is 16.2. The third-order valence-electron chi connectivity index (χ3n) is 3.29. The van der Waals surface area contributed by atoms with Crippen LogP contribution < -0.4 is 5.73 Å². The van der Waals surface area contributed by atoms with E-state index in [9.17, 15) is 8.42 Å². The Morgan fingerprint density at radius 3 is 2.38 bits per heavy atom. The van der Waals surface area contributed by atoms with E-state index < -0.39 is 10.0 Å². The second kappa shape index (κ2) is 7.33. The molecule has 118 valence electrons. The van der Waals surface area contributed by atoms with E-state index in [-0.39, 0.29) is 5.92 Å². The quantitative estimate of drug-likeness (QED) is 0.782. The molecule has 0 aromatic heterocycles. The number of nitrogens with zero attached hydrogens (tertiary/aromatic N) is 1. The fourth-order valence-corrected chi connectivity index (χ4v) is 3.76. The van der Waals surface area contributed by atoms with Crippen molar-refractivity contribution in [2.45, 2.75) is 39.0 Å². The highest BCUT2D eigenvalue weighted by Crippen LogP contribution is 2.20. The average molecular weight is 329 g/mol. The molecule has 4 nitrogen and oxygen atoms in total. The second-order valence-corrected chi connectivity index (χ2v) is 8.18. The molecular weight excluding hydrogens is 304 g/mol. The minimum atomic E-state index is -3.51. The fraction of sp³-hybridized carbons (Fsp3) is 0.533. The zero-order valence-electron chi connectivity index (χ0n) is 13.1. The Kier molecular flexibility index (Phi) is 6.31. The molecule has 0 fully saturated rings. The Morgan fingerprint density at radius 1 is 1.29 bits per heavy atom. The Hall–Kier alpha value is -0.980. The van der Waals surface area contributed by atoms with Crippen molar-refractivity contribution in [3.05, 3.63) is 29.3 Å². The number of hydrogen-bond acceptors (Lipinski definition) is 3. The van der Waals surface area contributed by atoms with Crippen LogP contribution in [0.2, 0.25) is 0 Å². The summed E-state index contributed by atoms with van der Waals surface area (Å²) >= 11 is 4.86. The summed E-state index contributed by atoms with van der Waals surface area (Å²) in [6, 6.07) is 5.22. The van der Waals surface area contributed by atoms with Crippen molar-refractivity contribution < 1.29 is 8.42 Å². The first kappa shape index (κ1) is 18.1. The average Bonchev–Trinajstić information content (AvgIpc) is 2.36. The van der Waals surface area contributed by atoms with Gasteiger partial charge in [0.05, 0.1) is 9.88 Å². The van der Waals surface area contributed by atoms with Crippen molar-refractivity contribution in [2.75, 3.05) is 13.1 Å². The molecule has 0 aliphatic rings. The van der Waals surface area contributed by atoms with Gasteiger partial charge in [-0.3, -0.25) is 0 Å². The lowest BCUT2D eigenvalue weighted by Gasteiger charge is -2.24. The molecule has 6 heteroatoms. The SMILES string of the molecule is Cc1ccc(S(=O)(=O)N(CCC(N)=S)CC(C)C)cc1C. The number of sulfonamides is 1. The summed E-state index contributed by atoms with van der Waals surface area (Å²) in [5.41, 5.74) is 7.55. The maximum atomic E-state index is 12.8. The predicted molar refractivity (Wildman–Crippen MR) is 90.9 cm³/mol. The number of nitrogens with two attached hydrogens (primary N) is 1. The molecule has 0 atom stereocenters. The Bertz CT molecular complexity index is 610. The van der Waals surface area contributed by atoms with Crippen LogP contribution >= 0.6 is 12.2 Å². The molecule has 1 aromatic rings. The molecule has 0 aliphatic heterocycles. The molecular formula is C15H24N2O2S2. The largest absolute Gasteiger partial charge is 0.393 e. The van der Waals surface area contributed by atoms with Gasteiger partial charge in [0.1, 0.15) is 0 Å². The summed E-state index contributed by atoms with van der Waals surface area (Å²) in [5.74, 6) is 0.234. The van der Waals surface area contributed by atoms with Gasteiger partial charge in [-0.1, -0.05) is 32.1 Å². The van der Waals surface area contributed by atoms with Crippen molar-refractivity contribution in [2.24, 2.45) is 11.7 Å². The van der Waals surface area contributed by atoms with E-state index in [2.05, 4.69) is 0 Å². The lowest BCUT2D eigenvalue weighted by Crippen LogP contribution is -2.36. The summed E-state index contributed by atoms with van der Waals surface area (Å²) in [6.45, 7) is 8.63. The minimum absolute atomic E-state index is 0.234. The summed E-state index contributed by atoms with van der Waals surface area (Å²) in [6.07, 6.45) is 0.395. The van der Waals surface area contributed by atoms with Crippen LogP contribution in [0.25, 0.3) is 0 Å². The van der Waals surface area contributed by atoms with Crippen molar-refractivity contribution >= 4 is 27.2 Å². The molecule has 1 rings (SSSR count). The molecule has 0 radical (unpaired) electrons. The summed E-state index contributed by atoms with van der Waals surface area (Å²) in [7, 11) is -3.51. The van der Waals surface area contributed by atoms with Gasteiger partial charge in [0, 0.05) is 19.5 Å². The third-order valence-corrected chi connectivity index (χ3v) is 5.36. The Morgan fingerprint density at radius 2 is 1.90 bits per heavy atom. The van der Waals surface area contributed by atoms with Crippen molar-refractivity contribution in [1.29, 1.82) is 0 Å². The molecule has 2 N–H and O–H groups in total. The van der Waals surface area contributed by atoms with Crippen LogP contribution in [-0.4, -0.2) is 30.8 Å². The van der Waals surface area contributed by atoms with Gasteiger partial charge in [-0.25, -0.2) is 8.42 Å². The predicted octanol–water partition coefficient (Wildman–Crippen LogP) is 2.63. The Labute approximate surface area is 133 Å². The van der Waals surface area contributed by atoms with E-state index in [0.717, 1.165) is 11.1 Å². The minimum Gasteiger partial charge on any atom is -0.393 e. The fourth-order valence-electron chi connectivity index (χ4n) is 1.98. The maximum Gasteiger partial charge on any atom is 0.243 e. The first-order valence-electron chi connectivity index (χ1n) is 7.00. The monoisotopic (exact) mass is 328 g/mol. The van der Waals surface area contributed by atoms with Gasteiger partial charge in [0.25, 0.3) is 0 Å². The van der Waals surface area contributed by atoms with Crippen molar-refractivity contribution in [3.63, 3.8) is 0 Å². The number of hydrogen-bond donors (Lipinski definition) is 1. The maximum absolute atomic E-state index is 12.8. The third kappa shape index (κ3) is 5.05. The second-order valence-electron chi connectivity index (χ2n) is 5.72. The van der Waals surface area contributed by atoms with Crippen LogP contribution in [0.4, 0.5) is 0 Å². The standard InChI is InChI=1S/C15H24N2O2S2/c1-11(2)10-17(8-7-15(16)20)21(18,19)14-6-5-12(3)13(4)9-14/h5-6,9,11H,7-8,10H2,1-4H3,(H2,16,20). The summed E-state index contributed by atoms with van der Waals surface area (Å²) < 4.78 is 27.0. The number of thiocarbonyl (C=S) groups is 1. The number of aryl methyl sites for hydroxylation is 2. The van der Waals surface area contributed by atoms with Crippen LogP contribution in [-0.2, 0) is 10.0 Å². The normalized spacial score (nSPS) is 12.1. The highest BCUT2D eigenvalue weighted by Gasteiger charge is 2.25. The van der Waals surface area contributed by atoms with Crippen molar-refractivity contribution in [1.82, 2.24) is 4.31 Å². The molecule has 0 heterocycles. The lowest BCUT2D eigenvalue weighted by molar-refractivity contribution is 0.374. The van der Waals surface area contributed by atoms with E-state index in [0.29, 0.717) is 29.4 Å². The zero-order valence-corrected chi connectivity index (χ0v) is 14.7. The molecule has 0 amide bonds. The number of benzene rings is 1. The molecule has 1 aromatic carbocycles. The molecule has 0 bridgehead atoms. The first-order valence-corrected chi connectivity index (χ1v) is 8.85. The van der Waals surface area contributed by atoms with Crippen LogP contribution in [0.5, 0.6) is 0 Å². The van der Waals surface area contributed by atoms with Gasteiger partial charge in [-0.2, -0.15) is 4.31 Å². The van der Waals surface area contributed by atoms with E-state index in [1.54, 1.807) is 12.1 Å². The smallest absolute Gasteiger partial charge is 0.243 e. The molecule has 0 spiro atoms. The van der Waals surface area contributed by atoms with Gasteiger partial charge in [-0.15, -0.1) is 0 Å². The van der Waals surface area contributed by atoms with Gasteiger partial charge in [-0.05, 0) is 43.0 Å². The van der Waals surface area contributed by atoms with Crippen molar-refractivity contribution in [3.8, 4) is 0 Å². The molecule has 0 saturated heterocycles. The highest BCUT2D eigenvalue weighted by molar-refractivity contribution is 7.89. The van der Waals surface area contributed by atoms with Crippen LogP contribution in [0.15, 0.2) is 23.1 Å². The van der Waals surface area contributed by atoms with Gasteiger partial charge in [0.2, 0.25) is 10.0 Å². The number of rotatable bonds is 7. The van der Waals surface area contributed by atoms with Gasteiger partial charge < -0.3 is 5.73 Å². The van der Waals surface area contributed by atoms with Crippen LogP contribution in [0.1, 0.15) is 31.4 Å². The first-order chi connectivity index (χ1) is 9.64. The molecule has 0 unspecified atom stereocenters. The lowest BCUT2D eigenvalue weighted by atomic mass is 10.1. The Balaban J connectivity index is 3.12. The molecule has 0 aliphatic carbocycles. The van der Waals surface area contributed by atoms with E-state index >= 15 is 0 Å². The van der Waals surface area contributed by atoms with Crippen LogP contribution in [0, 0.1) is 19.8 Å². The molecule has 0 saturated carbocycles. The topological polar surface area (TPSA) is 63.4 Å². The van der Waals surface area contributed by atoms with Gasteiger partial charge in [0.15, 0.2) is 0 Å². The highest BCUT2D eigenvalue weighted by atomic mass is 32.2. The van der Waals surface area contributed by atoms with E-state index in [4.69, 9.17) is 18.0 Å². The van der Waals surface area contributed by atoms with E-state index in [1.165, 1.54) is 4.31 Å².